The third kappa shape index (κ3) is 2.88. The van der Waals surface area contributed by atoms with Crippen LogP contribution in [-0.2, 0) is 0 Å². The van der Waals surface area contributed by atoms with Crippen molar-refractivity contribution in [1.29, 1.82) is 0 Å². The van der Waals surface area contributed by atoms with E-state index < -0.39 is 0 Å². The van der Waals surface area contributed by atoms with Gasteiger partial charge >= 0.3 is 0 Å². The van der Waals surface area contributed by atoms with Crippen molar-refractivity contribution in [2.45, 2.75) is 26.4 Å². The van der Waals surface area contributed by atoms with E-state index >= 15 is 0 Å². The zero-order chi connectivity index (χ0) is 15.0. The quantitative estimate of drug-likeness (QED) is 0.924. The van der Waals surface area contributed by atoms with Crippen molar-refractivity contribution in [2.24, 2.45) is 5.92 Å². The Morgan fingerprint density at radius 2 is 2.33 bits per heavy atom. The largest absolute Gasteiger partial charge is 0.393 e. The average Bonchev–Trinajstić information content (AvgIpc) is 3.10. The van der Waals surface area contributed by atoms with Crippen molar-refractivity contribution in [3.05, 3.63) is 27.4 Å². The van der Waals surface area contributed by atoms with Gasteiger partial charge in [0.2, 0.25) is 0 Å². The highest BCUT2D eigenvalue weighted by atomic mass is 32.1. The number of piperidine rings is 1. The Hall–Kier alpha value is -1.24. The zero-order valence-electron chi connectivity index (χ0n) is 12.1. The Kier molecular flexibility index (Phi) is 4.10. The Balaban J connectivity index is 1.82. The molecule has 2 atom stereocenters. The van der Waals surface area contributed by atoms with E-state index in [1.54, 1.807) is 11.3 Å². The molecule has 6 heteroatoms. The van der Waals surface area contributed by atoms with Crippen LogP contribution in [0.5, 0.6) is 0 Å². The molecule has 2 aromatic rings. The smallest absolute Gasteiger partial charge is 0.265 e. The molecule has 3 heterocycles. The number of amides is 1. The normalized spacial score (nSPS) is 22.5. The van der Waals surface area contributed by atoms with E-state index in [2.05, 4.69) is 4.98 Å². The Bertz CT molecular complexity index is 636. The van der Waals surface area contributed by atoms with E-state index in [9.17, 15) is 9.90 Å². The molecule has 0 saturated carbocycles. The van der Waals surface area contributed by atoms with E-state index in [1.807, 2.05) is 35.6 Å². The van der Waals surface area contributed by atoms with Gasteiger partial charge < -0.3 is 10.0 Å². The summed E-state index contributed by atoms with van der Waals surface area (Å²) in [6.07, 6.45) is 0.361. The molecule has 0 aliphatic carbocycles. The number of nitrogens with zero attached hydrogens (tertiary/aromatic N) is 2. The van der Waals surface area contributed by atoms with Crippen LogP contribution in [0.15, 0.2) is 16.8 Å². The number of hydrogen-bond acceptors (Lipinski definition) is 5. The fourth-order valence-electron chi connectivity index (χ4n) is 2.57. The third-order valence-electron chi connectivity index (χ3n) is 3.91. The van der Waals surface area contributed by atoms with E-state index in [-0.39, 0.29) is 17.9 Å². The van der Waals surface area contributed by atoms with Crippen molar-refractivity contribution < 1.29 is 9.90 Å². The predicted molar refractivity (Wildman–Crippen MR) is 85.9 cm³/mol. The number of thiazole rings is 1. The lowest BCUT2D eigenvalue weighted by Gasteiger charge is -2.34. The van der Waals surface area contributed by atoms with Crippen molar-refractivity contribution in [3.63, 3.8) is 0 Å². The standard InChI is InChI=1S/C15H18N2O2S2/c1-9-7-17(5-3-12(9)18)15(19)13-10(2)16-14(21-13)11-4-6-20-8-11/h4,6,8-9,12,18H,3,5,7H2,1-2H3. The molecular weight excluding hydrogens is 304 g/mol. The summed E-state index contributed by atoms with van der Waals surface area (Å²) in [5.41, 5.74) is 1.87. The summed E-state index contributed by atoms with van der Waals surface area (Å²) < 4.78 is 0. The maximum absolute atomic E-state index is 12.7. The average molecular weight is 322 g/mol. The molecule has 1 amide bonds. The summed E-state index contributed by atoms with van der Waals surface area (Å²) in [6, 6.07) is 2.02. The second kappa shape index (κ2) is 5.87. The monoisotopic (exact) mass is 322 g/mol. The van der Waals surface area contributed by atoms with Crippen molar-refractivity contribution >= 4 is 28.6 Å². The summed E-state index contributed by atoms with van der Waals surface area (Å²) in [4.78, 5) is 19.8. The molecule has 0 radical (unpaired) electrons. The SMILES string of the molecule is Cc1nc(-c2ccsc2)sc1C(=O)N1CCC(O)C(C)C1. The van der Waals surface area contributed by atoms with Crippen LogP contribution in [-0.4, -0.2) is 40.1 Å². The van der Waals surface area contributed by atoms with Gasteiger partial charge in [-0.2, -0.15) is 11.3 Å². The summed E-state index contributed by atoms with van der Waals surface area (Å²) in [5, 5.41) is 14.8. The Morgan fingerprint density at radius 3 is 3.00 bits per heavy atom. The fourth-order valence-corrected chi connectivity index (χ4v) is 4.31. The van der Waals surface area contributed by atoms with Gasteiger partial charge in [-0.1, -0.05) is 6.92 Å². The van der Waals surface area contributed by atoms with E-state index in [0.717, 1.165) is 21.1 Å². The summed E-state index contributed by atoms with van der Waals surface area (Å²) in [5.74, 6) is 0.178. The first-order valence-corrected chi connectivity index (χ1v) is 8.79. The van der Waals surface area contributed by atoms with Gasteiger partial charge in [0.05, 0.1) is 11.8 Å². The highest BCUT2D eigenvalue weighted by molar-refractivity contribution is 7.17. The highest BCUT2D eigenvalue weighted by Crippen LogP contribution is 2.31. The molecule has 0 bridgehead atoms. The molecule has 0 spiro atoms. The van der Waals surface area contributed by atoms with Crippen LogP contribution in [0.3, 0.4) is 0 Å². The van der Waals surface area contributed by atoms with Gasteiger partial charge in [0.25, 0.3) is 5.91 Å². The van der Waals surface area contributed by atoms with E-state index in [4.69, 9.17) is 0 Å². The molecule has 2 unspecified atom stereocenters. The van der Waals surface area contributed by atoms with Crippen LogP contribution in [0.2, 0.25) is 0 Å². The number of hydrogen-bond donors (Lipinski definition) is 1. The molecule has 0 aromatic carbocycles. The minimum Gasteiger partial charge on any atom is -0.393 e. The topological polar surface area (TPSA) is 53.4 Å². The van der Waals surface area contributed by atoms with Crippen LogP contribution in [0.4, 0.5) is 0 Å². The first-order valence-electron chi connectivity index (χ1n) is 7.03. The van der Waals surface area contributed by atoms with Crippen LogP contribution in [0, 0.1) is 12.8 Å². The van der Waals surface area contributed by atoms with E-state index in [1.165, 1.54) is 11.3 Å². The molecule has 1 saturated heterocycles. The fraction of sp³-hybridized carbons (Fsp3) is 0.467. The maximum atomic E-state index is 12.7. The summed E-state index contributed by atoms with van der Waals surface area (Å²) in [6.45, 7) is 5.11. The molecule has 4 nitrogen and oxygen atoms in total. The third-order valence-corrected chi connectivity index (χ3v) is 5.78. The molecule has 112 valence electrons. The second-order valence-electron chi connectivity index (χ2n) is 5.53. The number of aliphatic hydroxyl groups excluding tert-OH is 1. The van der Waals surface area contributed by atoms with Gasteiger partial charge in [0.1, 0.15) is 9.88 Å². The molecular formula is C15H18N2O2S2. The number of aryl methyl sites for hydroxylation is 1. The van der Waals surface area contributed by atoms with Crippen LogP contribution in [0.25, 0.3) is 10.6 Å². The molecule has 2 aromatic heterocycles. The Labute approximate surface area is 132 Å². The van der Waals surface area contributed by atoms with Gasteiger partial charge in [-0.05, 0) is 30.7 Å². The van der Waals surface area contributed by atoms with Crippen molar-refractivity contribution in [3.8, 4) is 10.6 Å². The first-order chi connectivity index (χ1) is 10.1. The van der Waals surface area contributed by atoms with E-state index in [0.29, 0.717) is 19.5 Å². The van der Waals surface area contributed by atoms with Crippen LogP contribution in [0.1, 0.15) is 28.7 Å². The van der Waals surface area contributed by atoms with Gasteiger partial charge in [-0.15, -0.1) is 11.3 Å². The van der Waals surface area contributed by atoms with Crippen LogP contribution < -0.4 is 0 Å². The number of aliphatic hydroxyl groups is 1. The predicted octanol–water partition coefficient (Wildman–Crippen LogP) is 3.02. The Morgan fingerprint density at radius 1 is 1.52 bits per heavy atom. The van der Waals surface area contributed by atoms with Gasteiger partial charge in [-0.3, -0.25) is 4.79 Å². The lowest BCUT2D eigenvalue weighted by atomic mass is 9.96. The number of carbonyl (C=O) groups excluding carboxylic acids is 1. The molecule has 1 fully saturated rings. The van der Waals surface area contributed by atoms with Gasteiger partial charge in [0, 0.05) is 24.0 Å². The minimum atomic E-state index is -0.294. The lowest BCUT2D eigenvalue weighted by Crippen LogP contribution is -2.44. The number of aromatic nitrogens is 1. The van der Waals surface area contributed by atoms with Crippen molar-refractivity contribution in [2.75, 3.05) is 13.1 Å². The second-order valence-corrected chi connectivity index (χ2v) is 7.31. The first kappa shape index (κ1) is 14.7. The number of carbonyl (C=O) groups is 1. The zero-order valence-corrected chi connectivity index (χ0v) is 13.7. The van der Waals surface area contributed by atoms with Gasteiger partial charge in [-0.25, -0.2) is 4.98 Å². The van der Waals surface area contributed by atoms with Crippen LogP contribution >= 0.6 is 22.7 Å². The number of rotatable bonds is 2. The lowest BCUT2D eigenvalue weighted by molar-refractivity contribution is 0.0300. The molecule has 3 rings (SSSR count). The highest BCUT2D eigenvalue weighted by Gasteiger charge is 2.29. The number of likely N-dealkylation sites (tertiary alicyclic amines) is 1. The molecule has 1 aliphatic rings. The molecule has 21 heavy (non-hydrogen) atoms. The molecule has 1 N–H and O–H groups in total. The summed E-state index contributed by atoms with van der Waals surface area (Å²) >= 11 is 3.09. The van der Waals surface area contributed by atoms with Crippen molar-refractivity contribution in [1.82, 2.24) is 9.88 Å². The minimum absolute atomic E-state index is 0.0465. The van der Waals surface area contributed by atoms with Gasteiger partial charge in [0.15, 0.2) is 0 Å². The maximum Gasteiger partial charge on any atom is 0.265 e. The molecule has 1 aliphatic heterocycles. The number of thiophene rings is 1. The summed E-state index contributed by atoms with van der Waals surface area (Å²) in [7, 11) is 0.